The normalized spacial score (nSPS) is 16.2. The first-order chi connectivity index (χ1) is 11.7. The molecule has 1 amide bonds. The Morgan fingerprint density at radius 3 is 2.79 bits per heavy atom. The van der Waals surface area contributed by atoms with E-state index in [0.717, 1.165) is 11.3 Å². The Kier molecular flexibility index (Phi) is 3.54. The highest BCUT2D eigenvalue weighted by atomic mass is 16.5. The fourth-order valence-electron chi connectivity index (χ4n) is 2.90. The van der Waals surface area contributed by atoms with Gasteiger partial charge in [-0.2, -0.15) is 0 Å². The maximum Gasteiger partial charge on any atom is 0.349 e. The minimum Gasteiger partial charge on any atom is -0.491 e. The number of ether oxygens (including phenoxy) is 1. The highest BCUT2D eigenvalue weighted by Crippen LogP contribution is 2.24. The van der Waals surface area contributed by atoms with Crippen LogP contribution in [0.1, 0.15) is 15.9 Å². The highest BCUT2D eigenvalue weighted by molar-refractivity contribution is 5.96. The van der Waals surface area contributed by atoms with Gasteiger partial charge in [-0.25, -0.2) is 4.79 Å². The van der Waals surface area contributed by atoms with Gasteiger partial charge in [0.25, 0.3) is 5.91 Å². The maximum atomic E-state index is 12.5. The van der Waals surface area contributed by atoms with Gasteiger partial charge in [-0.1, -0.05) is 36.4 Å². The SMILES string of the molecule is O=C(NC1COc2ccccc2C1)c1cc2ccccc2oc1=O. The highest BCUT2D eigenvalue weighted by Gasteiger charge is 2.23. The summed E-state index contributed by atoms with van der Waals surface area (Å²) in [5.41, 5.74) is 0.879. The average molecular weight is 321 g/mol. The van der Waals surface area contributed by atoms with Crippen molar-refractivity contribution in [3.63, 3.8) is 0 Å². The van der Waals surface area contributed by atoms with E-state index in [-0.39, 0.29) is 11.6 Å². The lowest BCUT2D eigenvalue weighted by Gasteiger charge is -2.25. The molecule has 120 valence electrons. The van der Waals surface area contributed by atoms with Gasteiger partial charge in [-0.05, 0) is 30.2 Å². The van der Waals surface area contributed by atoms with Crippen molar-refractivity contribution in [1.29, 1.82) is 0 Å². The van der Waals surface area contributed by atoms with Crippen LogP contribution in [-0.2, 0) is 6.42 Å². The molecule has 0 fully saturated rings. The molecule has 0 aliphatic carbocycles. The van der Waals surface area contributed by atoms with E-state index in [4.69, 9.17) is 9.15 Å². The minimum atomic E-state index is -0.636. The van der Waals surface area contributed by atoms with Gasteiger partial charge in [-0.15, -0.1) is 0 Å². The van der Waals surface area contributed by atoms with E-state index in [0.29, 0.717) is 24.0 Å². The Morgan fingerprint density at radius 1 is 1.08 bits per heavy atom. The number of hydrogen-bond donors (Lipinski definition) is 1. The van der Waals surface area contributed by atoms with Crippen molar-refractivity contribution < 1.29 is 13.9 Å². The van der Waals surface area contributed by atoms with Crippen LogP contribution in [-0.4, -0.2) is 18.6 Å². The van der Waals surface area contributed by atoms with Crippen molar-refractivity contribution in [3.05, 3.63) is 76.1 Å². The summed E-state index contributed by atoms with van der Waals surface area (Å²) in [6.45, 7) is 0.377. The van der Waals surface area contributed by atoms with Crippen LogP contribution in [0.15, 0.2) is 63.8 Å². The molecule has 0 radical (unpaired) electrons. The van der Waals surface area contributed by atoms with E-state index in [2.05, 4.69) is 5.32 Å². The molecule has 2 aromatic carbocycles. The van der Waals surface area contributed by atoms with Crippen LogP contribution in [0.25, 0.3) is 11.0 Å². The monoisotopic (exact) mass is 321 g/mol. The van der Waals surface area contributed by atoms with Crippen molar-refractivity contribution in [2.24, 2.45) is 0 Å². The molecule has 1 atom stereocenters. The second-order valence-corrected chi connectivity index (χ2v) is 5.78. The largest absolute Gasteiger partial charge is 0.491 e. The molecule has 2 heterocycles. The predicted molar refractivity (Wildman–Crippen MR) is 89.4 cm³/mol. The topological polar surface area (TPSA) is 68.5 Å². The van der Waals surface area contributed by atoms with Crippen LogP contribution in [0.4, 0.5) is 0 Å². The molecule has 3 aromatic rings. The summed E-state index contributed by atoms with van der Waals surface area (Å²) in [6, 6.07) is 16.2. The third-order valence-electron chi connectivity index (χ3n) is 4.10. The van der Waals surface area contributed by atoms with Gasteiger partial charge >= 0.3 is 5.63 Å². The van der Waals surface area contributed by atoms with Crippen molar-refractivity contribution >= 4 is 16.9 Å². The second kappa shape index (κ2) is 5.85. The van der Waals surface area contributed by atoms with Gasteiger partial charge in [0.15, 0.2) is 0 Å². The fraction of sp³-hybridized carbons (Fsp3) is 0.158. The van der Waals surface area contributed by atoms with Gasteiger partial charge in [0.2, 0.25) is 0 Å². The number of amides is 1. The predicted octanol–water partition coefficient (Wildman–Crippen LogP) is 2.53. The Morgan fingerprint density at radius 2 is 1.88 bits per heavy atom. The van der Waals surface area contributed by atoms with Crippen molar-refractivity contribution in [1.82, 2.24) is 5.32 Å². The summed E-state index contributed by atoms with van der Waals surface area (Å²) in [7, 11) is 0. The second-order valence-electron chi connectivity index (χ2n) is 5.78. The van der Waals surface area contributed by atoms with Crippen LogP contribution in [0.5, 0.6) is 5.75 Å². The zero-order valence-corrected chi connectivity index (χ0v) is 12.8. The maximum absolute atomic E-state index is 12.5. The first-order valence-electron chi connectivity index (χ1n) is 7.75. The molecule has 0 spiro atoms. The molecule has 1 unspecified atom stereocenters. The minimum absolute atomic E-state index is 0.00700. The average Bonchev–Trinajstić information content (AvgIpc) is 2.61. The third-order valence-corrected chi connectivity index (χ3v) is 4.10. The molecule has 5 heteroatoms. The van der Waals surface area contributed by atoms with Crippen LogP contribution in [0.3, 0.4) is 0 Å². The van der Waals surface area contributed by atoms with Gasteiger partial charge in [0.1, 0.15) is 23.5 Å². The van der Waals surface area contributed by atoms with E-state index in [1.807, 2.05) is 30.3 Å². The van der Waals surface area contributed by atoms with Gasteiger partial charge < -0.3 is 14.5 Å². The molecule has 0 saturated heterocycles. The van der Waals surface area contributed by atoms with E-state index in [1.165, 1.54) is 0 Å². The zero-order chi connectivity index (χ0) is 16.5. The van der Waals surface area contributed by atoms with Crippen molar-refractivity contribution in [2.75, 3.05) is 6.61 Å². The van der Waals surface area contributed by atoms with E-state index in [9.17, 15) is 9.59 Å². The molecule has 24 heavy (non-hydrogen) atoms. The Hall–Kier alpha value is -3.08. The Bertz CT molecular complexity index is 976. The molecule has 1 aliphatic rings. The molecule has 1 aromatic heterocycles. The first kappa shape index (κ1) is 14.5. The molecule has 0 saturated carbocycles. The summed E-state index contributed by atoms with van der Waals surface area (Å²) >= 11 is 0. The Balaban J connectivity index is 1.57. The quantitative estimate of drug-likeness (QED) is 0.737. The van der Waals surface area contributed by atoms with E-state index < -0.39 is 11.5 Å². The van der Waals surface area contributed by atoms with Crippen LogP contribution in [0, 0.1) is 0 Å². The van der Waals surface area contributed by atoms with Gasteiger partial charge in [0.05, 0.1) is 6.04 Å². The molecular formula is C19H15NO4. The molecular weight excluding hydrogens is 306 g/mol. The molecule has 1 aliphatic heterocycles. The smallest absolute Gasteiger partial charge is 0.349 e. The lowest BCUT2D eigenvalue weighted by atomic mass is 10.0. The van der Waals surface area contributed by atoms with Crippen molar-refractivity contribution in [2.45, 2.75) is 12.5 Å². The molecule has 4 rings (SSSR count). The van der Waals surface area contributed by atoms with Crippen LogP contribution in [0.2, 0.25) is 0 Å². The number of fused-ring (bicyclic) bond motifs is 2. The Labute approximate surface area is 137 Å². The number of para-hydroxylation sites is 2. The molecule has 1 N–H and O–H groups in total. The fourth-order valence-corrected chi connectivity index (χ4v) is 2.90. The number of benzene rings is 2. The van der Waals surface area contributed by atoms with Crippen LogP contribution >= 0.6 is 0 Å². The summed E-state index contributed by atoms with van der Waals surface area (Å²) in [6.07, 6.45) is 0.667. The molecule has 0 bridgehead atoms. The van der Waals surface area contributed by atoms with Gasteiger partial charge in [-0.3, -0.25) is 4.79 Å². The number of nitrogens with one attached hydrogen (secondary N) is 1. The first-order valence-corrected chi connectivity index (χ1v) is 7.75. The summed E-state index contributed by atoms with van der Waals surface area (Å²) in [5.74, 6) is 0.399. The lowest BCUT2D eigenvalue weighted by molar-refractivity contribution is 0.0912. The zero-order valence-electron chi connectivity index (χ0n) is 12.8. The standard InChI is InChI=1S/C19H15NO4/c21-18(15-10-13-6-2-4-8-17(13)24-19(15)22)20-14-9-12-5-1-3-7-16(12)23-11-14/h1-8,10,14H,9,11H2,(H,20,21). The number of carbonyl (C=O) groups excluding carboxylic acids is 1. The summed E-state index contributed by atoms with van der Waals surface area (Å²) in [5, 5.41) is 3.57. The number of carbonyl (C=O) groups is 1. The lowest BCUT2D eigenvalue weighted by Crippen LogP contribution is -2.43. The summed E-state index contributed by atoms with van der Waals surface area (Å²) < 4.78 is 10.9. The van der Waals surface area contributed by atoms with E-state index >= 15 is 0 Å². The number of hydrogen-bond acceptors (Lipinski definition) is 4. The van der Waals surface area contributed by atoms with Crippen LogP contribution < -0.4 is 15.7 Å². The van der Waals surface area contributed by atoms with E-state index in [1.54, 1.807) is 24.3 Å². The molecule has 5 nitrogen and oxygen atoms in total. The number of rotatable bonds is 2. The van der Waals surface area contributed by atoms with Gasteiger partial charge in [0, 0.05) is 5.39 Å². The summed E-state index contributed by atoms with van der Waals surface area (Å²) in [4.78, 5) is 24.5. The third kappa shape index (κ3) is 2.65. The van der Waals surface area contributed by atoms with Crippen molar-refractivity contribution in [3.8, 4) is 5.75 Å².